The lowest BCUT2D eigenvalue weighted by molar-refractivity contribution is -0.129. The number of benzene rings is 2. The molecule has 2 amide bonds. The summed E-state index contributed by atoms with van der Waals surface area (Å²) >= 11 is 0. The van der Waals surface area contributed by atoms with Crippen molar-refractivity contribution in [2.75, 3.05) is 11.9 Å². The van der Waals surface area contributed by atoms with E-state index in [9.17, 15) is 18.4 Å². The van der Waals surface area contributed by atoms with Crippen LogP contribution in [0.2, 0.25) is 0 Å². The molecular weight excluding hydrogens is 326 g/mol. The van der Waals surface area contributed by atoms with Gasteiger partial charge in [0.25, 0.3) is 0 Å². The zero-order chi connectivity index (χ0) is 18.4. The van der Waals surface area contributed by atoms with Gasteiger partial charge in [0.1, 0.15) is 11.6 Å². The molecule has 0 saturated heterocycles. The van der Waals surface area contributed by atoms with E-state index in [2.05, 4.69) is 5.32 Å². The van der Waals surface area contributed by atoms with Crippen molar-refractivity contribution in [2.45, 2.75) is 26.8 Å². The lowest BCUT2D eigenvalue weighted by Gasteiger charge is -2.21. The Bertz CT molecular complexity index is 778. The summed E-state index contributed by atoms with van der Waals surface area (Å²) in [6, 6.07) is 10.7. The fourth-order valence-corrected chi connectivity index (χ4v) is 2.42. The summed E-state index contributed by atoms with van der Waals surface area (Å²) in [6.07, 6.45) is 0.0161. The molecule has 4 nitrogen and oxygen atoms in total. The Balaban J connectivity index is 1.94. The first-order valence-electron chi connectivity index (χ1n) is 7.91. The first kappa shape index (κ1) is 18.6. The van der Waals surface area contributed by atoms with Crippen LogP contribution in [0, 0.1) is 18.6 Å². The number of amides is 2. The van der Waals surface area contributed by atoms with Crippen molar-refractivity contribution in [3.8, 4) is 0 Å². The van der Waals surface area contributed by atoms with Gasteiger partial charge in [-0.2, -0.15) is 0 Å². The predicted molar refractivity (Wildman–Crippen MR) is 91.9 cm³/mol. The van der Waals surface area contributed by atoms with Gasteiger partial charge >= 0.3 is 0 Å². The molecule has 2 aromatic carbocycles. The van der Waals surface area contributed by atoms with E-state index in [1.54, 1.807) is 4.90 Å². The van der Waals surface area contributed by atoms with E-state index in [0.717, 1.165) is 23.3 Å². The Morgan fingerprint density at radius 1 is 1.12 bits per heavy atom. The molecule has 0 spiro atoms. The van der Waals surface area contributed by atoms with Crippen LogP contribution in [-0.4, -0.2) is 23.3 Å². The standard InChI is InChI=1S/C19H20F2N2O2/c1-13-4-3-5-15(10-13)12-23(14(2)24)9-8-19(25)22-18-7-6-16(20)11-17(18)21/h3-7,10-11H,8-9,12H2,1-2H3,(H,22,25). The van der Waals surface area contributed by atoms with Crippen molar-refractivity contribution in [1.82, 2.24) is 4.90 Å². The van der Waals surface area contributed by atoms with E-state index in [0.29, 0.717) is 12.6 Å². The van der Waals surface area contributed by atoms with Crippen LogP contribution in [0.15, 0.2) is 42.5 Å². The zero-order valence-electron chi connectivity index (χ0n) is 14.2. The Kier molecular flexibility index (Phi) is 6.22. The average Bonchev–Trinajstić information content (AvgIpc) is 2.54. The molecule has 0 bridgehead atoms. The summed E-state index contributed by atoms with van der Waals surface area (Å²) in [4.78, 5) is 25.3. The molecule has 0 unspecified atom stereocenters. The third-order valence-corrected chi connectivity index (χ3v) is 3.72. The van der Waals surface area contributed by atoms with Gasteiger partial charge in [0.2, 0.25) is 11.8 Å². The minimum absolute atomic E-state index is 0.0161. The Morgan fingerprint density at radius 3 is 2.52 bits per heavy atom. The molecule has 0 saturated carbocycles. The lowest BCUT2D eigenvalue weighted by atomic mass is 10.1. The summed E-state index contributed by atoms with van der Waals surface area (Å²) in [6.45, 7) is 4.01. The summed E-state index contributed by atoms with van der Waals surface area (Å²) in [5.74, 6) is -2.14. The number of hydrogen-bond acceptors (Lipinski definition) is 2. The first-order chi connectivity index (χ1) is 11.8. The van der Waals surface area contributed by atoms with Crippen LogP contribution in [0.4, 0.5) is 14.5 Å². The molecule has 0 radical (unpaired) electrons. The second-order valence-electron chi connectivity index (χ2n) is 5.85. The molecule has 0 atom stereocenters. The molecule has 1 N–H and O–H groups in total. The monoisotopic (exact) mass is 346 g/mol. The molecule has 2 rings (SSSR count). The molecule has 0 aliphatic heterocycles. The van der Waals surface area contributed by atoms with Crippen molar-refractivity contribution in [3.05, 3.63) is 65.2 Å². The molecule has 0 heterocycles. The average molecular weight is 346 g/mol. The maximum atomic E-state index is 13.5. The highest BCUT2D eigenvalue weighted by molar-refractivity contribution is 5.91. The number of hydrogen-bond donors (Lipinski definition) is 1. The highest BCUT2D eigenvalue weighted by Crippen LogP contribution is 2.15. The van der Waals surface area contributed by atoms with E-state index in [1.165, 1.54) is 6.92 Å². The topological polar surface area (TPSA) is 49.4 Å². The smallest absolute Gasteiger partial charge is 0.226 e. The largest absolute Gasteiger partial charge is 0.338 e. The third kappa shape index (κ3) is 5.67. The van der Waals surface area contributed by atoms with Gasteiger partial charge in [0.05, 0.1) is 5.69 Å². The molecule has 6 heteroatoms. The number of nitrogens with zero attached hydrogens (tertiary/aromatic N) is 1. The quantitative estimate of drug-likeness (QED) is 0.868. The zero-order valence-corrected chi connectivity index (χ0v) is 14.2. The van der Waals surface area contributed by atoms with Gasteiger partial charge < -0.3 is 10.2 Å². The third-order valence-electron chi connectivity index (χ3n) is 3.72. The maximum Gasteiger partial charge on any atom is 0.226 e. The van der Waals surface area contributed by atoms with Crippen molar-refractivity contribution in [2.24, 2.45) is 0 Å². The normalized spacial score (nSPS) is 10.4. The molecule has 0 aliphatic rings. The number of halogens is 2. The van der Waals surface area contributed by atoms with Crippen molar-refractivity contribution in [1.29, 1.82) is 0 Å². The number of nitrogens with one attached hydrogen (secondary N) is 1. The minimum Gasteiger partial charge on any atom is -0.338 e. The molecular formula is C19H20F2N2O2. The summed E-state index contributed by atoms with van der Waals surface area (Å²) in [5.41, 5.74) is 1.98. The van der Waals surface area contributed by atoms with Crippen LogP contribution in [0.5, 0.6) is 0 Å². The van der Waals surface area contributed by atoms with Crippen LogP contribution < -0.4 is 5.32 Å². The number of carbonyl (C=O) groups excluding carboxylic acids is 2. The van der Waals surface area contributed by atoms with Gasteiger partial charge in [0, 0.05) is 32.5 Å². The molecule has 132 valence electrons. The number of anilines is 1. The number of aryl methyl sites for hydroxylation is 1. The fourth-order valence-electron chi connectivity index (χ4n) is 2.42. The SMILES string of the molecule is CC(=O)N(CCC(=O)Nc1ccc(F)cc1F)Cc1cccc(C)c1. The second kappa shape index (κ2) is 8.37. The molecule has 25 heavy (non-hydrogen) atoms. The maximum absolute atomic E-state index is 13.5. The highest BCUT2D eigenvalue weighted by Gasteiger charge is 2.13. The number of carbonyl (C=O) groups is 2. The summed E-state index contributed by atoms with van der Waals surface area (Å²) in [5, 5.41) is 2.39. The molecule has 0 fully saturated rings. The van der Waals surface area contributed by atoms with Crippen LogP contribution in [0.3, 0.4) is 0 Å². The fraction of sp³-hybridized carbons (Fsp3) is 0.263. The van der Waals surface area contributed by atoms with E-state index in [-0.39, 0.29) is 24.6 Å². The van der Waals surface area contributed by atoms with E-state index >= 15 is 0 Å². The van der Waals surface area contributed by atoms with Crippen LogP contribution in [0.25, 0.3) is 0 Å². The van der Waals surface area contributed by atoms with Crippen LogP contribution >= 0.6 is 0 Å². The summed E-state index contributed by atoms with van der Waals surface area (Å²) < 4.78 is 26.4. The lowest BCUT2D eigenvalue weighted by Crippen LogP contribution is -2.31. The number of rotatable bonds is 6. The van der Waals surface area contributed by atoms with Gasteiger partial charge in [-0.3, -0.25) is 9.59 Å². The Labute approximate surface area is 145 Å². The van der Waals surface area contributed by atoms with Crippen molar-refractivity contribution in [3.63, 3.8) is 0 Å². The Morgan fingerprint density at radius 2 is 1.88 bits per heavy atom. The van der Waals surface area contributed by atoms with Gasteiger partial charge in [-0.15, -0.1) is 0 Å². The Hall–Kier alpha value is -2.76. The highest BCUT2D eigenvalue weighted by atomic mass is 19.1. The second-order valence-corrected chi connectivity index (χ2v) is 5.85. The summed E-state index contributed by atoms with van der Waals surface area (Å²) in [7, 11) is 0. The van der Waals surface area contributed by atoms with Crippen molar-refractivity contribution >= 4 is 17.5 Å². The molecule has 2 aromatic rings. The first-order valence-corrected chi connectivity index (χ1v) is 7.91. The molecule has 0 aliphatic carbocycles. The van der Waals surface area contributed by atoms with Gasteiger partial charge in [-0.1, -0.05) is 29.8 Å². The van der Waals surface area contributed by atoms with Gasteiger partial charge in [0.15, 0.2) is 0 Å². The van der Waals surface area contributed by atoms with E-state index in [1.807, 2.05) is 31.2 Å². The minimum atomic E-state index is -0.837. The van der Waals surface area contributed by atoms with Gasteiger partial charge in [-0.05, 0) is 24.6 Å². The van der Waals surface area contributed by atoms with Gasteiger partial charge in [-0.25, -0.2) is 8.78 Å². The molecule has 0 aromatic heterocycles. The van der Waals surface area contributed by atoms with Crippen LogP contribution in [-0.2, 0) is 16.1 Å². The van der Waals surface area contributed by atoms with E-state index in [4.69, 9.17) is 0 Å². The van der Waals surface area contributed by atoms with Crippen LogP contribution in [0.1, 0.15) is 24.5 Å². The predicted octanol–water partition coefficient (Wildman–Crippen LogP) is 3.65. The van der Waals surface area contributed by atoms with Crippen molar-refractivity contribution < 1.29 is 18.4 Å². The van der Waals surface area contributed by atoms with E-state index < -0.39 is 17.5 Å².